The first-order valence-electron chi connectivity index (χ1n) is 4.87. The van der Waals surface area contributed by atoms with Crippen LogP contribution in [0.5, 0.6) is 0 Å². The molecule has 0 unspecified atom stereocenters. The van der Waals surface area contributed by atoms with Crippen LogP contribution < -0.4 is 0 Å². The zero-order chi connectivity index (χ0) is 13.7. The van der Waals surface area contributed by atoms with Gasteiger partial charge in [-0.15, -0.1) is 0 Å². The van der Waals surface area contributed by atoms with E-state index in [4.69, 9.17) is 5.26 Å². The van der Waals surface area contributed by atoms with E-state index in [0.29, 0.717) is 5.69 Å². The molecule has 0 amide bonds. The summed E-state index contributed by atoms with van der Waals surface area (Å²) in [6, 6.07) is 2.90. The van der Waals surface area contributed by atoms with E-state index in [0.717, 1.165) is 7.11 Å². The standard InChI is InChI=1S/C11H9BrF2N2O2/c1-18-10(17)3-7-8(11(13)14)2-6(4-12)16-9(7)5-15/h2,11H,3-4H2,1H3. The van der Waals surface area contributed by atoms with Gasteiger partial charge in [-0.25, -0.2) is 13.8 Å². The lowest BCUT2D eigenvalue weighted by Crippen LogP contribution is -2.11. The van der Waals surface area contributed by atoms with Gasteiger partial charge in [-0.05, 0) is 6.07 Å². The maximum Gasteiger partial charge on any atom is 0.310 e. The van der Waals surface area contributed by atoms with Crippen LogP contribution in [0.2, 0.25) is 0 Å². The molecule has 1 aromatic heterocycles. The summed E-state index contributed by atoms with van der Waals surface area (Å²) >= 11 is 3.08. The van der Waals surface area contributed by atoms with Crippen LogP contribution in [-0.4, -0.2) is 18.1 Å². The topological polar surface area (TPSA) is 63.0 Å². The van der Waals surface area contributed by atoms with Crippen molar-refractivity contribution in [2.75, 3.05) is 7.11 Å². The van der Waals surface area contributed by atoms with E-state index < -0.39 is 18.8 Å². The third-order valence-electron chi connectivity index (χ3n) is 2.24. The maximum absolute atomic E-state index is 12.9. The molecular formula is C11H9BrF2N2O2. The van der Waals surface area contributed by atoms with Gasteiger partial charge < -0.3 is 4.74 Å². The smallest absolute Gasteiger partial charge is 0.310 e. The Labute approximate surface area is 111 Å². The van der Waals surface area contributed by atoms with Crippen molar-refractivity contribution in [3.63, 3.8) is 0 Å². The lowest BCUT2D eigenvalue weighted by molar-refractivity contribution is -0.139. The van der Waals surface area contributed by atoms with Crippen LogP contribution in [-0.2, 0) is 21.3 Å². The SMILES string of the molecule is COC(=O)Cc1c(C(F)F)cc(CBr)nc1C#N. The minimum absolute atomic E-state index is 0.0796. The van der Waals surface area contributed by atoms with E-state index in [9.17, 15) is 13.6 Å². The van der Waals surface area contributed by atoms with E-state index in [-0.39, 0.29) is 22.2 Å². The predicted octanol–water partition coefficient (Wildman–Crippen LogP) is 2.50. The predicted molar refractivity (Wildman–Crippen MR) is 62.3 cm³/mol. The van der Waals surface area contributed by atoms with Crippen molar-refractivity contribution in [3.05, 3.63) is 28.6 Å². The molecule has 7 heteroatoms. The summed E-state index contributed by atoms with van der Waals surface area (Å²) in [5.74, 6) is -0.693. The first-order chi connectivity index (χ1) is 8.53. The largest absolute Gasteiger partial charge is 0.469 e. The maximum atomic E-state index is 12.9. The molecule has 0 N–H and O–H groups in total. The summed E-state index contributed by atoms with van der Waals surface area (Å²) in [5, 5.41) is 9.16. The summed E-state index contributed by atoms with van der Waals surface area (Å²) < 4.78 is 30.2. The minimum atomic E-state index is -2.78. The summed E-state index contributed by atoms with van der Waals surface area (Å²) in [6.07, 6.45) is -3.17. The first kappa shape index (κ1) is 14.5. The molecule has 1 aromatic rings. The Hall–Kier alpha value is -1.55. The number of methoxy groups -OCH3 is 1. The van der Waals surface area contributed by atoms with Crippen molar-refractivity contribution in [2.45, 2.75) is 18.2 Å². The number of carbonyl (C=O) groups excluding carboxylic acids is 1. The molecule has 0 aromatic carbocycles. The molecule has 0 saturated carbocycles. The van der Waals surface area contributed by atoms with Crippen molar-refractivity contribution in [3.8, 4) is 6.07 Å². The number of nitrogens with zero attached hydrogens (tertiary/aromatic N) is 2. The zero-order valence-electron chi connectivity index (χ0n) is 9.41. The molecule has 0 spiro atoms. The van der Waals surface area contributed by atoms with E-state index >= 15 is 0 Å². The second-order valence-electron chi connectivity index (χ2n) is 3.33. The van der Waals surface area contributed by atoms with Gasteiger partial charge in [-0.3, -0.25) is 4.79 Å². The Morgan fingerprint density at radius 3 is 2.78 bits per heavy atom. The first-order valence-corrected chi connectivity index (χ1v) is 5.99. The molecule has 4 nitrogen and oxygen atoms in total. The van der Waals surface area contributed by atoms with Gasteiger partial charge in [0.2, 0.25) is 0 Å². The van der Waals surface area contributed by atoms with Crippen LogP contribution in [0.3, 0.4) is 0 Å². The number of pyridine rings is 1. The number of hydrogen-bond donors (Lipinski definition) is 0. The number of aromatic nitrogens is 1. The summed E-state index contributed by atoms with van der Waals surface area (Å²) in [4.78, 5) is 15.1. The van der Waals surface area contributed by atoms with Gasteiger partial charge in [0.05, 0.1) is 19.2 Å². The van der Waals surface area contributed by atoms with Gasteiger partial charge in [0, 0.05) is 16.5 Å². The average molecular weight is 319 g/mol. The fraction of sp³-hybridized carbons (Fsp3) is 0.364. The number of carbonyl (C=O) groups is 1. The fourth-order valence-electron chi connectivity index (χ4n) is 1.40. The molecule has 0 saturated heterocycles. The highest BCUT2D eigenvalue weighted by Gasteiger charge is 2.21. The summed E-state index contributed by atoms with van der Waals surface area (Å²) in [7, 11) is 1.15. The molecule has 18 heavy (non-hydrogen) atoms. The lowest BCUT2D eigenvalue weighted by atomic mass is 10.0. The Morgan fingerprint density at radius 1 is 1.67 bits per heavy atom. The monoisotopic (exact) mass is 318 g/mol. The second-order valence-corrected chi connectivity index (χ2v) is 3.89. The van der Waals surface area contributed by atoms with Crippen LogP contribution in [0.1, 0.15) is 28.9 Å². The quantitative estimate of drug-likeness (QED) is 0.632. The molecule has 0 fully saturated rings. The van der Waals surface area contributed by atoms with Gasteiger partial charge >= 0.3 is 5.97 Å². The molecule has 0 aliphatic heterocycles. The number of ether oxygens (including phenoxy) is 1. The van der Waals surface area contributed by atoms with Gasteiger partial charge in [-0.2, -0.15) is 5.26 Å². The average Bonchev–Trinajstić information content (AvgIpc) is 2.38. The van der Waals surface area contributed by atoms with E-state index in [1.807, 2.05) is 0 Å². The van der Waals surface area contributed by atoms with Crippen LogP contribution in [0.25, 0.3) is 0 Å². The Balaban J connectivity index is 3.36. The highest BCUT2D eigenvalue weighted by Crippen LogP contribution is 2.27. The number of hydrogen-bond acceptors (Lipinski definition) is 4. The Morgan fingerprint density at radius 2 is 2.33 bits per heavy atom. The van der Waals surface area contributed by atoms with Crippen LogP contribution in [0, 0.1) is 11.3 Å². The van der Waals surface area contributed by atoms with Gasteiger partial charge in [-0.1, -0.05) is 15.9 Å². The molecule has 0 aliphatic carbocycles. The highest BCUT2D eigenvalue weighted by molar-refractivity contribution is 9.08. The zero-order valence-corrected chi connectivity index (χ0v) is 11.0. The molecule has 96 valence electrons. The highest BCUT2D eigenvalue weighted by atomic mass is 79.9. The van der Waals surface area contributed by atoms with Gasteiger partial charge in [0.15, 0.2) is 0 Å². The second kappa shape index (κ2) is 6.40. The fourth-order valence-corrected chi connectivity index (χ4v) is 1.69. The van der Waals surface area contributed by atoms with E-state index in [1.165, 1.54) is 6.07 Å². The van der Waals surface area contributed by atoms with Crippen LogP contribution in [0.4, 0.5) is 8.78 Å². The van der Waals surface area contributed by atoms with E-state index in [1.54, 1.807) is 6.07 Å². The number of nitriles is 1. The number of esters is 1. The minimum Gasteiger partial charge on any atom is -0.469 e. The normalized spacial score (nSPS) is 10.2. The third-order valence-corrected chi connectivity index (χ3v) is 2.81. The Kier molecular flexibility index (Phi) is 5.16. The number of alkyl halides is 3. The molecule has 0 aliphatic rings. The Bertz CT molecular complexity index is 501. The van der Waals surface area contributed by atoms with Crippen molar-refractivity contribution < 1.29 is 18.3 Å². The van der Waals surface area contributed by atoms with Crippen molar-refractivity contribution in [2.24, 2.45) is 0 Å². The molecule has 0 atom stereocenters. The van der Waals surface area contributed by atoms with Crippen LogP contribution >= 0.6 is 15.9 Å². The molecule has 0 bridgehead atoms. The molecule has 1 heterocycles. The van der Waals surface area contributed by atoms with Gasteiger partial charge in [0.1, 0.15) is 11.8 Å². The lowest BCUT2D eigenvalue weighted by Gasteiger charge is -2.11. The summed E-state index contributed by atoms with van der Waals surface area (Å²) in [6.45, 7) is 0. The van der Waals surface area contributed by atoms with Gasteiger partial charge in [0.25, 0.3) is 6.43 Å². The molecular weight excluding hydrogens is 310 g/mol. The van der Waals surface area contributed by atoms with Crippen molar-refractivity contribution in [1.29, 1.82) is 5.26 Å². The summed E-state index contributed by atoms with van der Waals surface area (Å²) in [5.41, 5.74) is -0.298. The van der Waals surface area contributed by atoms with Crippen molar-refractivity contribution in [1.82, 2.24) is 4.98 Å². The van der Waals surface area contributed by atoms with E-state index in [2.05, 4.69) is 25.7 Å². The van der Waals surface area contributed by atoms with Crippen molar-refractivity contribution >= 4 is 21.9 Å². The number of rotatable bonds is 4. The molecule has 0 radical (unpaired) electrons. The number of halogens is 3. The molecule has 1 rings (SSSR count). The van der Waals surface area contributed by atoms with Crippen LogP contribution in [0.15, 0.2) is 6.07 Å². The third kappa shape index (κ3) is 3.23.